The van der Waals surface area contributed by atoms with Gasteiger partial charge in [0.2, 0.25) is 0 Å². The standard InChI is InChI=1S/C11H22N4O2/c1-9(17-3)11-10(8-12)13-14-15(11)6-4-5-7-16-2/h9H,4-8,12H2,1-3H3. The molecule has 0 spiro atoms. The van der Waals surface area contributed by atoms with E-state index < -0.39 is 0 Å². The van der Waals surface area contributed by atoms with Gasteiger partial charge in [0, 0.05) is 33.9 Å². The molecule has 1 aromatic heterocycles. The largest absolute Gasteiger partial charge is 0.385 e. The molecule has 0 bridgehead atoms. The number of methoxy groups -OCH3 is 2. The monoisotopic (exact) mass is 242 g/mol. The molecule has 0 aliphatic rings. The second-order valence-corrected chi connectivity index (χ2v) is 3.93. The van der Waals surface area contributed by atoms with Crippen molar-refractivity contribution in [2.45, 2.75) is 39.0 Å². The van der Waals surface area contributed by atoms with Crippen LogP contribution in [0.25, 0.3) is 0 Å². The summed E-state index contributed by atoms with van der Waals surface area (Å²) in [6.07, 6.45) is 1.98. The SMILES string of the molecule is COCCCCn1nnc(CN)c1C(C)OC. The Morgan fingerprint density at radius 1 is 1.35 bits per heavy atom. The van der Waals surface area contributed by atoms with E-state index in [1.807, 2.05) is 11.6 Å². The van der Waals surface area contributed by atoms with E-state index in [9.17, 15) is 0 Å². The zero-order chi connectivity index (χ0) is 12.7. The van der Waals surface area contributed by atoms with Crippen LogP contribution >= 0.6 is 0 Å². The fraction of sp³-hybridized carbons (Fsp3) is 0.818. The maximum atomic E-state index is 5.64. The lowest BCUT2D eigenvalue weighted by atomic mass is 10.2. The molecule has 6 nitrogen and oxygen atoms in total. The van der Waals surface area contributed by atoms with Crippen molar-refractivity contribution in [1.82, 2.24) is 15.0 Å². The van der Waals surface area contributed by atoms with Gasteiger partial charge in [-0.15, -0.1) is 5.10 Å². The van der Waals surface area contributed by atoms with Crippen molar-refractivity contribution in [1.29, 1.82) is 0 Å². The van der Waals surface area contributed by atoms with Crippen molar-refractivity contribution in [3.63, 3.8) is 0 Å². The van der Waals surface area contributed by atoms with E-state index in [1.165, 1.54) is 0 Å². The normalized spacial score (nSPS) is 12.9. The van der Waals surface area contributed by atoms with Crippen LogP contribution in [0.3, 0.4) is 0 Å². The molecule has 0 aromatic carbocycles. The highest BCUT2D eigenvalue weighted by atomic mass is 16.5. The molecule has 1 heterocycles. The Hall–Kier alpha value is -0.980. The first-order valence-corrected chi connectivity index (χ1v) is 5.88. The molecule has 0 radical (unpaired) electrons. The third-order valence-electron chi connectivity index (χ3n) is 2.75. The molecular formula is C11H22N4O2. The minimum absolute atomic E-state index is 0.0361. The highest BCUT2D eigenvalue weighted by molar-refractivity contribution is 5.12. The molecule has 1 aromatic rings. The smallest absolute Gasteiger partial charge is 0.102 e. The molecule has 0 fully saturated rings. The Morgan fingerprint density at radius 2 is 2.12 bits per heavy atom. The molecule has 0 saturated heterocycles. The minimum Gasteiger partial charge on any atom is -0.385 e. The van der Waals surface area contributed by atoms with Crippen LogP contribution in [-0.2, 0) is 22.6 Å². The second kappa shape index (κ2) is 7.37. The van der Waals surface area contributed by atoms with Gasteiger partial charge in [-0.2, -0.15) is 0 Å². The maximum Gasteiger partial charge on any atom is 0.102 e. The summed E-state index contributed by atoms with van der Waals surface area (Å²) in [6.45, 7) is 3.96. The van der Waals surface area contributed by atoms with E-state index in [2.05, 4.69) is 10.3 Å². The molecule has 6 heteroatoms. The Labute approximate surface area is 102 Å². The number of aryl methyl sites for hydroxylation is 1. The second-order valence-electron chi connectivity index (χ2n) is 3.93. The highest BCUT2D eigenvalue weighted by Crippen LogP contribution is 2.18. The lowest BCUT2D eigenvalue weighted by Gasteiger charge is -2.13. The van der Waals surface area contributed by atoms with Gasteiger partial charge in [-0.3, -0.25) is 0 Å². The van der Waals surface area contributed by atoms with Crippen LogP contribution in [0, 0.1) is 0 Å². The number of nitrogens with two attached hydrogens (primary N) is 1. The van der Waals surface area contributed by atoms with Gasteiger partial charge in [0.25, 0.3) is 0 Å². The van der Waals surface area contributed by atoms with Gasteiger partial charge in [0.05, 0.1) is 11.8 Å². The van der Waals surface area contributed by atoms with Gasteiger partial charge >= 0.3 is 0 Å². The average Bonchev–Trinajstić information content (AvgIpc) is 2.76. The van der Waals surface area contributed by atoms with E-state index in [0.29, 0.717) is 6.54 Å². The molecule has 0 saturated carbocycles. The first kappa shape index (κ1) is 14.1. The Morgan fingerprint density at radius 3 is 2.71 bits per heavy atom. The predicted octanol–water partition coefficient (Wildman–Crippen LogP) is 0.871. The summed E-state index contributed by atoms with van der Waals surface area (Å²) in [5.74, 6) is 0. The Kier molecular flexibility index (Phi) is 6.10. The van der Waals surface area contributed by atoms with Gasteiger partial charge in [-0.1, -0.05) is 5.21 Å². The molecule has 98 valence electrons. The summed E-state index contributed by atoms with van der Waals surface area (Å²) in [7, 11) is 3.38. The van der Waals surface area contributed by atoms with Crippen LogP contribution in [0.5, 0.6) is 0 Å². The van der Waals surface area contributed by atoms with Crippen molar-refractivity contribution >= 4 is 0 Å². The Balaban J connectivity index is 2.67. The van der Waals surface area contributed by atoms with Crippen molar-refractivity contribution in [2.75, 3.05) is 20.8 Å². The van der Waals surface area contributed by atoms with E-state index in [1.54, 1.807) is 14.2 Å². The van der Waals surface area contributed by atoms with Gasteiger partial charge < -0.3 is 15.2 Å². The fourth-order valence-electron chi connectivity index (χ4n) is 1.73. The quantitative estimate of drug-likeness (QED) is 0.685. The van der Waals surface area contributed by atoms with Gasteiger partial charge in [0.1, 0.15) is 5.69 Å². The minimum atomic E-state index is -0.0361. The zero-order valence-electron chi connectivity index (χ0n) is 10.8. The molecule has 17 heavy (non-hydrogen) atoms. The van der Waals surface area contributed by atoms with Crippen LogP contribution in [0.4, 0.5) is 0 Å². The molecule has 1 unspecified atom stereocenters. The van der Waals surface area contributed by atoms with Crippen LogP contribution in [0.2, 0.25) is 0 Å². The molecule has 2 N–H and O–H groups in total. The number of aromatic nitrogens is 3. The van der Waals surface area contributed by atoms with Crippen LogP contribution in [0.15, 0.2) is 0 Å². The average molecular weight is 242 g/mol. The summed E-state index contributed by atoms with van der Waals surface area (Å²) in [4.78, 5) is 0. The van der Waals surface area contributed by atoms with E-state index in [4.69, 9.17) is 15.2 Å². The molecule has 0 aliphatic heterocycles. The lowest BCUT2D eigenvalue weighted by molar-refractivity contribution is 0.110. The highest BCUT2D eigenvalue weighted by Gasteiger charge is 2.17. The first-order valence-electron chi connectivity index (χ1n) is 5.88. The third kappa shape index (κ3) is 3.76. The molecular weight excluding hydrogens is 220 g/mol. The topological polar surface area (TPSA) is 75.2 Å². The van der Waals surface area contributed by atoms with Crippen LogP contribution in [-0.4, -0.2) is 35.8 Å². The third-order valence-corrected chi connectivity index (χ3v) is 2.75. The van der Waals surface area contributed by atoms with E-state index in [-0.39, 0.29) is 6.10 Å². The number of hydrogen-bond donors (Lipinski definition) is 1. The summed E-state index contributed by atoms with van der Waals surface area (Å²) < 4.78 is 12.2. The van der Waals surface area contributed by atoms with Gasteiger partial charge in [-0.05, 0) is 19.8 Å². The van der Waals surface area contributed by atoms with Gasteiger partial charge in [0.15, 0.2) is 0 Å². The maximum absolute atomic E-state index is 5.64. The summed E-state index contributed by atoms with van der Waals surface area (Å²) >= 11 is 0. The summed E-state index contributed by atoms with van der Waals surface area (Å²) in [5, 5.41) is 8.20. The van der Waals surface area contributed by atoms with Gasteiger partial charge in [-0.25, -0.2) is 4.68 Å². The summed E-state index contributed by atoms with van der Waals surface area (Å²) in [6, 6.07) is 0. The van der Waals surface area contributed by atoms with E-state index in [0.717, 1.165) is 37.4 Å². The van der Waals surface area contributed by atoms with Crippen LogP contribution in [0.1, 0.15) is 37.3 Å². The van der Waals surface area contributed by atoms with Crippen LogP contribution < -0.4 is 5.73 Å². The number of nitrogens with zero attached hydrogens (tertiary/aromatic N) is 3. The Bertz CT molecular complexity index is 327. The van der Waals surface area contributed by atoms with Crippen molar-refractivity contribution in [2.24, 2.45) is 5.73 Å². The zero-order valence-corrected chi connectivity index (χ0v) is 10.8. The summed E-state index contributed by atoms with van der Waals surface area (Å²) in [5.41, 5.74) is 7.43. The molecule has 1 atom stereocenters. The first-order chi connectivity index (χ1) is 8.24. The van der Waals surface area contributed by atoms with Crippen molar-refractivity contribution in [3.8, 4) is 0 Å². The molecule has 1 rings (SSSR count). The number of ether oxygens (including phenoxy) is 2. The van der Waals surface area contributed by atoms with E-state index >= 15 is 0 Å². The van der Waals surface area contributed by atoms with Crippen molar-refractivity contribution in [3.05, 3.63) is 11.4 Å². The predicted molar refractivity (Wildman–Crippen MR) is 64.4 cm³/mol. The van der Waals surface area contributed by atoms with Crippen molar-refractivity contribution < 1.29 is 9.47 Å². The number of hydrogen-bond acceptors (Lipinski definition) is 5. The molecule has 0 aliphatic carbocycles. The number of unbranched alkanes of at least 4 members (excludes halogenated alkanes) is 1. The molecule has 0 amide bonds. The number of rotatable bonds is 8. The lowest BCUT2D eigenvalue weighted by Crippen LogP contribution is -2.12. The fourth-order valence-corrected chi connectivity index (χ4v) is 1.73.